The summed E-state index contributed by atoms with van der Waals surface area (Å²) in [6.45, 7) is 0.436. The molecule has 0 bridgehead atoms. The number of aromatic nitrogens is 1. The first-order valence-electron chi connectivity index (χ1n) is 9.39. The molecule has 6 nitrogen and oxygen atoms in total. The van der Waals surface area contributed by atoms with Gasteiger partial charge in [0, 0.05) is 11.0 Å². The van der Waals surface area contributed by atoms with Crippen LogP contribution in [0.1, 0.15) is 12.8 Å². The molecule has 1 saturated heterocycles. The van der Waals surface area contributed by atoms with Gasteiger partial charge >= 0.3 is 0 Å². The minimum Gasteiger partial charge on any atom is -0.305 e. The highest BCUT2D eigenvalue weighted by Gasteiger charge is 2.39. The normalized spacial score (nSPS) is 17.8. The number of amides is 1. The number of thiazole rings is 1. The fourth-order valence-corrected chi connectivity index (χ4v) is 6.80. The quantitative estimate of drug-likeness (QED) is 0.493. The molecule has 0 radical (unpaired) electrons. The van der Waals surface area contributed by atoms with Gasteiger partial charge in [-0.3, -0.25) is 4.79 Å². The third-order valence-corrected chi connectivity index (χ3v) is 8.47. The zero-order chi connectivity index (χ0) is 22.2. The van der Waals surface area contributed by atoms with Crippen molar-refractivity contribution in [3.63, 3.8) is 0 Å². The first kappa shape index (κ1) is 21.9. The number of carbonyl (C=O) groups is 1. The summed E-state index contributed by atoms with van der Waals surface area (Å²) in [5, 5.41) is 0. The largest absolute Gasteiger partial charge is 0.305 e. The van der Waals surface area contributed by atoms with Crippen LogP contribution < -0.4 is 4.80 Å². The Morgan fingerprint density at radius 2 is 2.03 bits per heavy atom. The summed E-state index contributed by atoms with van der Waals surface area (Å²) >= 11 is 4.74. The van der Waals surface area contributed by atoms with Crippen molar-refractivity contribution in [2.75, 3.05) is 6.54 Å². The standard InChI is InChI=1S/C21H17BrFN3O3S2/c1-2-11-25-17-10-5-14(22)13-19(17)30-21(25)24-20(27)18-4-3-12-26(18)31(28,29)16-8-6-15(23)7-9-16/h1,5-10,13,18H,3-4,11-12H2. The van der Waals surface area contributed by atoms with Crippen LogP contribution in [0.4, 0.5) is 4.39 Å². The number of hydrogen-bond acceptors (Lipinski definition) is 4. The molecule has 1 amide bonds. The second-order valence-electron chi connectivity index (χ2n) is 6.96. The Morgan fingerprint density at radius 1 is 1.29 bits per heavy atom. The van der Waals surface area contributed by atoms with Crippen molar-refractivity contribution in [1.82, 2.24) is 8.87 Å². The predicted molar refractivity (Wildman–Crippen MR) is 120 cm³/mol. The second-order valence-corrected chi connectivity index (χ2v) is 10.8. The molecule has 2 heterocycles. The molecule has 1 fully saturated rings. The lowest BCUT2D eigenvalue weighted by Gasteiger charge is -2.21. The first-order chi connectivity index (χ1) is 14.8. The smallest absolute Gasteiger partial charge is 0.266 e. The van der Waals surface area contributed by atoms with E-state index >= 15 is 0 Å². The molecule has 10 heteroatoms. The SMILES string of the molecule is C#CCn1c(=NC(=O)C2CCCN2S(=O)(=O)c2ccc(F)cc2)sc2cc(Br)ccc21. The van der Waals surface area contributed by atoms with E-state index in [4.69, 9.17) is 6.42 Å². The maximum Gasteiger partial charge on any atom is 0.266 e. The summed E-state index contributed by atoms with van der Waals surface area (Å²) in [5.41, 5.74) is 0.847. The van der Waals surface area contributed by atoms with Gasteiger partial charge in [-0.25, -0.2) is 12.8 Å². The molecule has 1 atom stereocenters. The molecule has 3 aromatic rings. The van der Waals surface area contributed by atoms with E-state index in [2.05, 4.69) is 26.8 Å². The lowest BCUT2D eigenvalue weighted by Crippen LogP contribution is -2.40. The van der Waals surface area contributed by atoms with Gasteiger partial charge in [0.2, 0.25) is 10.0 Å². The van der Waals surface area contributed by atoms with Crippen LogP contribution in [0, 0.1) is 18.2 Å². The fraction of sp³-hybridized carbons (Fsp3) is 0.238. The van der Waals surface area contributed by atoms with Crippen LogP contribution in [-0.2, 0) is 21.4 Å². The number of halogens is 2. The Bertz CT molecular complexity index is 1370. The Kier molecular flexibility index (Phi) is 6.12. The Hall–Kier alpha value is -2.32. The van der Waals surface area contributed by atoms with Crippen molar-refractivity contribution in [1.29, 1.82) is 0 Å². The molecule has 0 saturated carbocycles. The summed E-state index contributed by atoms with van der Waals surface area (Å²) in [4.78, 5) is 17.7. The van der Waals surface area contributed by atoms with Crippen molar-refractivity contribution >= 4 is 53.4 Å². The van der Waals surface area contributed by atoms with E-state index in [1.807, 2.05) is 18.2 Å². The van der Waals surface area contributed by atoms with Crippen LogP contribution in [0.5, 0.6) is 0 Å². The summed E-state index contributed by atoms with van der Waals surface area (Å²) in [5.74, 6) is 1.50. The monoisotopic (exact) mass is 521 g/mol. The Balaban J connectivity index is 1.72. The topological polar surface area (TPSA) is 71.7 Å². The number of terminal acetylenes is 1. The highest BCUT2D eigenvalue weighted by atomic mass is 79.9. The number of fused-ring (bicyclic) bond motifs is 1. The molecule has 1 aliphatic heterocycles. The number of carbonyl (C=O) groups excluding carboxylic acids is 1. The second kappa shape index (κ2) is 8.67. The number of hydrogen-bond donors (Lipinski definition) is 0. The van der Waals surface area contributed by atoms with E-state index in [0.29, 0.717) is 17.6 Å². The van der Waals surface area contributed by atoms with Gasteiger partial charge in [0.15, 0.2) is 4.80 Å². The predicted octanol–water partition coefficient (Wildman–Crippen LogP) is 3.52. The van der Waals surface area contributed by atoms with Gasteiger partial charge in [-0.2, -0.15) is 9.30 Å². The van der Waals surface area contributed by atoms with E-state index in [-0.39, 0.29) is 18.0 Å². The maximum absolute atomic E-state index is 13.2. The van der Waals surface area contributed by atoms with E-state index < -0.39 is 27.8 Å². The highest BCUT2D eigenvalue weighted by Crippen LogP contribution is 2.27. The van der Waals surface area contributed by atoms with Crippen LogP contribution in [-0.4, -0.2) is 35.8 Å². The molecule has 0 N–H and O–H groups in total. The van der Waals surface area contributed by atoms with Crippen molar-refractivity contribution in [2.45, 2.75) is 30.3 Å². The zero-order valence-corrected chi connectivity index (χ0v) is 19.4. The number of benzene rings is 2. The van der Waals surface area contributed by atoms with Gasteiger partial charge in [-0.15, -0.1) is 6.42 Å². The zero-order valence-electron chi connectivity index (χ0n) is 16.2. The van der Waals surface area contributed by atoms with Crippen LogP contribution in [0.25, 0.3) is 10.2 Å². The van der Waals surface area contributed by atoms with Gasteiger partial charge in [0.25, 0.3) is 5.91 Å². The molecule has 1 aliphatic rings. The number of sulfonamides is 1. The number of rotatable bonds is 4. The van der Waals surface area contributed by atoms with E-state index in [0.717, 1.165) is 31.1 Å². The Morgan fingerprint density at radius 3 is 2.74 bits per heavy atom. The van der Waals surface area contributed by atoms with Gasteiger partial charge in [-0.1, -0.05) is 33.2 Å². The van der Waals surface area contributed by atoms with Crippen molar-refractivity contribution in [2.24, 2.45) is 4.99 Å². The van der Waals surface area contributed by atoms with Crippen molar-refractivity contribution in [3.05, 3.63) is 57.6 Å². The molecule has 4 rings (SSSR count). The third-order valence-electron chi connectivity index (χ3n) is 5.01. The average molecular weight is 522 g/mol. The molecule has 1 unspecified atom stereocenters. The van der Waals surface area contributed by atoms with Crippen LogP contribution in [0.3, 0.4) is 0 Å². The maximum atomic E-state index is 13.2. The molecular weight excluding hydrogens is 505 g/mol. The minimum atomic E-state index is -3.95. The highest BCUT2D eigenvalue weighted by molar-refractivity contribution is 9.10. The van der Waals surface area contributed by atoms with Gasteiger partial charge < -0.3 is 4.57 Å². The molecular formula is C21H17BrFN3O3S2. The lowest BCUT2D eigenvalue weighted by atomic mass is 10.2. The molecule has 0 spiro atoms. The van der Waals surface area contributed by atoms with Crippen LogP contribution in [0.15, 0.2) is 56.8 Å². The van der Waals surface area contributed by atoms with Gasteiger partial charge in [-0.05, 0) is 55.3 Å². The van der Waals surface area contributed by atoms with E-state index in [9.17, 15) is 17.6 Å². The fourth-order valence-electron chi connectivity index (χ4n) is 3.56. The summed E-state index contributed by atoms with van der Waals surface area (Å²) in [6, 6.07) is 9.34. The first-order valence-corrected chi connectivity index (χ1v) is 12.4. The minimum absolute atomic E-state index is 0.0530. The molecule has 0 aliphatic carbocycles. The molecule has 160 valence electrons. The van der Waals surface area contributed by atoms with E-state index in [1.165, 1.54) is 23.5 Å². The summed E-state index contributed by atoms with van der Waals surface area (Å²) in [6.07, 6.45) is 6.41. The summed E-state index contributed by atoms with van der Waals surface area (Å²) < 4.78 is 44.0. The van der Waals surface area contributed by atoms with Gasteiger partial charge in [0.1, 0.15) is 11.9 Å². The summed E-state index contributed by atoms with van der Waals surface area (Å²) in [7, 11) is -3.95. The van der Waals surface area contributed by atoms with Crippen LogP contribution in [0.2, 0.25) is 0 Å². The third kappa shape index (κ3) is 4.23. The lowest BCUT2D eigenvalue weighted by molar-refractivity contribution is -0.121. The molecule has 1 aromatic heterocycles. The average Bonchev–Trinajstić information content (AvgIpc) is 3.34. The number of nitrogens with zero attached hydrogens (tertiary/aromatic N) is 3. The van der Waals surface area contributed by atoms with E-state index in [1.54, 1.807) is 4.57 Å². The molecule has 31 heavy (non-hydrogen) atoms. The van der Waals surface area contributed by atoms with Gasteiger partial charge in [0.05, 0.1) is 21.7 Å². The van der Waals surface area contributed by atoms with Crippen molar-refractivity contribution in [3.8, 4) is 12.3 Å². The van der Waals surface area contributed by atoms with Crippen molar-refractivity contribution < 1.29 is 17.6 Å². The molecule has 2 aromatic carbocycles. The van der Waals surface area contributed by atoms with Crippen LogP contribution >= 0.6 is 27.3 Å². The Labute approximate surface area is 191 Å².